The van der Waals surface area contributed by atoms with Crippen molar-refractivity contribution in [3.8, 4) is 0 Å². The molecule has 0 amide bonds. The van der Waals surface area contributed by atoms with Crippen LogP contribution in [-0.2, 0) is 9.24 Å². The molecule has 0 aromatic rings. The predicted octanol–water partition coefficient (Wildman–Crippen LogP) is 0.812. The van der Waals surface area contributed by atoms with E-state index in [1.54, 1.807) is 0 Å². The van der Waals surface area contributed by atoms with Gasteiger partial charge in [0.25, 0.3) is 9.24 Å². The SMILES string of the molecule is O=S(=O)(Cl)N1C[C@H]2CC[C@H]2C1. The number of fused-ring (bicyclic) bond motifs is 1. The molecule has 2 atom stereocenters. The third-order valence-corrected chi connectivity index (χ3v) is 4.26. The van der Waals surface area contributed by atoms with E-state index in [-0.39, 0.29) is 0 Å². The topological polar surface area (TPSA) is 37.4 Å². The van der Waals surface area contributed by atoms with E-state index in [0.29, 0.717) is 24.9 Å². The molecule has 0 bridgehead atoms. The van der Waals surface area contributed by atoms with Crippen molar-refractivity contribution < 1.29 is 8.42 Å². The molecular formula is C6H10ClNO2S. The average molecular weight is 196 g/mol. The Morgan fingerprint density at radius 3 is 1.91 bits per heavy atom. The highest BCUT2D eigenvalue weighted by Gasteiger charge is 2.42. The molecule has 2 rings (SSSR count). The molecule has 0 aromatic carbocycles. The number of rotatable bonds is 1. The van der Waals surface area contributed by atoms with Gasteiger partial charge in [0.05, 0.1) is 0 Å². The lowest BCUT2D eigenvalue weighted by atomic mass is 9.77. The van der Waals surface area contributed by atoms with Gasteiger partial charge in [0, 0.05) is 23.8 Å². The molecule has 1 saturated carbocycles. The Morgan fingerprint density at radius 1 is 1.18 bits per heavy atom. The zero-order valence-electron chi connectivity index (χ0n) is 6.03. The van der Waals surface area contributed by atoms with Gasteiger partial charge in [0.2, 0.25) is 0 Å². The maximum absolute atomic E-state index is 10.8. The van der Waals surface area contributed by atoms with Crippen LogP contribution in [0, 0.1) is 11.8 Å². The van der Waals surface area contributed by atoms with Crippen LogP contribution in [0.3, 0.4) is 0 Å². The summed E-state index contributed by atoms with van der Waals surface area (Å²) in [5.74, 6) is 1.20. The van der Waals surface area contributed by atoms with Gasteiger partial charge >= 0.3 is 0 Å². The minimum absolute atomic E-state index is 0.600. The third-order valence-electron chi connectivity index (χ3n) is 2.76. The van der Waals surface area contributed by atoms with Crippen LogP contribution in [-0.4, -0.2) is 25.8 Å². The summed E-state index contributed by atoms with van der Waals surface area (Å²) in [4.78, 5) is 0. The van der Waals surface area contributed by atoms with Crippen molar-refractivity contribution >= 4 is 19.9 Å². The van der Waals surface area contributed by atoms with E-state index in [4.69, 9.17) is 10.7 Å². The molecule has 1 aliphatic carbocycles. The average Bonchev–Trinajstić information content (AvgIpc) is 2.06. The number of hydrogen-bond acceptors (Lipinski definition) is 2. The lowest BCUT2D eigenvalue weighted by Crippen LogP contribution is -2.23. The maximum atomic E-state index is 10.8. The molecule has 5 heteroatoms. The Morgan fingerprint density at radius 2 is 1.64 bits per heavy atom. The number of halogens is 1. The summed E-state index contributed by atoms with van der Waals surface area (Å²) in [5, 5.41) is 0. The molecule has 2 aliphatic rings. The molecule has 64 valence electrons. The Kier molecular flexibility index (Phi) is 1.67. The first-order valence-corrected chi connectivity index (χ1v) is 6.04. The summed E-state index contributed by atoms with van der Waals surface area (Å²) in [5.41, 5.74) is 0. The summed E-state index contributed by atoms with van der Waals surface area (Å²) in [7, 11) is 1.77. The zero-order chi connectivity index (χ0) is 8.06. The van der Waals surface area contributed by atoms with Crippen LogP contribution in [0.5, 0.6) is 0 Å². The molecule has 0 radical (unpaired) electrons. The largest absolute Gasteiger partial charge is 0.299 e. The van der Waals surface area contributed by atoms with Gasteiger partial charge in [-0.15, -0.1) is 0 Å². The van der Waals surface area contributed by atoms with E-state index in [0.717, 1.165) is 0 Å². The van der Waals surface area contributed by atoms with Gasteiger partial charge in [0.1, 0.15) is 0 Å². The van der Waals surface area contributed by atoms with E-state index in [1.807, 2.05) is 0 Å². The van der Waals surface area contributed by atoms with Crippen LogP contribution in [0.2, 0.25) is 0 Å². The van der Waals surface area contributed by atoms with Crippen LogP contribution in [0.4, 0.5) is 0 Å². The van der Waals surface area contributed by atoms with Gasteiger partial charge in [-0.3, -0.25) is 0 Å². The highest BCUT2D eigenvalue weighted by Crippen LogP contribution is 2.41. The van der Waals surface area contributed by atoms with Gasteiger partial charge in [-0.2, -0.15) is 12.7 Å². The maximum Gasteiger partial charge on any atom is 0.299 e. The van der Waals surface area contributed by atoms with E-state index >= 15 is 0 Å². The second-order valence-electron chi connectivity index (χ2n) is 3.36. The van der Waals surface area contributed by atoms with Crippen molar-refractivity contribution in [1.29, 1.82) is 0 Å². The Hall–Kier alpha value is 0.200. The van der Waals surface area contributed by atoms with Crippen molar-refractivity contribution in [3.05, 3.63) is 0 Å². The monoisotopic (exact) mass is 195 g/mol. The van der Waals surface area contributed by atoms with Crippen molar-refractivity contribution in [1.82, 2.24) is 4.31 Å². The fraction of sp³-hybridized carbons (Fsp3) is 1.00. The van der Waals surface area contributed by atoms with Crippen molar-refractivity contribution in [2.24, 2.45) is 11.8 Å². The molecule has 0 spiro atoms. The highest BCUT2D eigenvalue weighted by molar-refractivity contribution is 8.11. The van der Waals surface area contributed by atoms with Crippen molar-refractivity contribution in [2.75, 3.05) is 13.1 Å². The second kappa shape index (κ2) is 2.34. The van der Waals surface area contributed by atoms with Gasteiger partial charge in [-0.25, -0.2) is 0 Å². The third kappa shape index (κ3) is 1.27. The Balaban J connectivity index is 2.10. The molecule has 0 unspecified atom stereocenters. The number of nitrogens with zero attached hydrogens (tertiary/aromatic N) is 1. The van der Waals surface area contributed by atoms with E-state index in [9.17, 15) is 8.42 Å². The molecule has 0 N–H and O–H groups in total. The van der Waals surface area contributed by atoms with Gasteiger partial charge in [-0.05, 0) is 24.7 Å². The predicted molar refractivity (Wildman–Crippen MR) is 42.6 cm³/mol. The lowest BCUT2D eigenvalue weighted by Gasteiger charge is -2.27. The molecule has 2 fully saturated rings. The fourth-order valence-electron chi connectivity index (χ4n) is 1.89. The quantitative estimate of drug-likeness (QED) is 0.581. The van der Waals surface area contributed by atoms with Crippen LogP contribution in [0.1, 0.15) is 12.8 Å². The standard InChI is InChI=1S/C6H10ClNO2S/c7-11(9,10)8-3-5-1-2-6(5)4-8/h5-6H,1-4H2/t5-,6+. The first-order valence-electron chi connectivity index (χ1n) is 3.77. The minimum Gasteiger partial charge on any atom is -0.195 e. The first-order chi connectivity index (χ1) is 5.07. The van der Waals surface area contributed by atoms with E-state index in [1.165, 1.54) is 17.1 Å². The second-order valence-corrected chi connectivity index (χ2v) is 5.87. The first kappa shape index (κ1) is 7.83. The summed E-state index contributed by atoms with van der Waals surface area (Å²) in [6.07, 6.45) is 2.35. The van der Waals surface area contributed by atoms with Crippen molar-refractivity contribution in [2.45, 2.75) is 12.8 Å². The smallest absolute Gasteiger partial charge is 0.195 e. The van der Waals surface area contributed by atoms with Gasteiger partial charge < -0.3 is 0 Å². The molecule has 3 nitrogen and oxygen atoms in total. The highest BCUT2D eigenvalue weighted by atomic mass is 35.7. The normalized spacial score (nSPS) is 38.3. The summed E-state index contributed by atoms with van der Waals surface area (Å²) in [6, 6.07) is 0. The molecule has 1 aliphatic heterocycles. The summed E-state index contributed by atoms with van der Waals surface area (Å²) in [6.45, 7) is 1.30. The zero-order valence-corrected chi connectivity index (χ0v) is 7.61. The van der Waals surface area contributed by atoms with Crippen LogP contribution in [0.25, 0.3) is 0 Å². The summed E-state index contributed by atoms with van der Waals surface area (Å²) < 4.78 is 23.1. The molecule has 11 heavy (non-hydrogen) atoms. The van der Waals surface area contributed by atoms with E-state index in [2.05, 4.69) is 0 Å². The molecular weight excluding hydrogens is 186 g/mol. The molecule has 1 saturated heterocycles. The lowest BCUT2D eigenvalue weighted by molar-refractivity contribution is 0.243. The molecule has 1 heterocycles. The van der Waals surface area contributed by atoms with Crippen LogP contribution >= 0.6 is 10.7 Å². The van der Waals surface area contributed by atoms with Crippen molar-refractivity contribution in [3.63, 3.8) is 0 Å². The van der Waals surface area contributed by atoms with Gasteiger partial charge in [-0.1, -0.05) is 0 Å². The van der Waals surface area contributed by atoms with E-state index < -0.39 is 9.24 Å². The number of hydrogen-bond donors (Lipinski definition) is 0. The van der Waals surface area contributed by atoms with Gasteiger partial charge in [0.15, 0.2) is 0 Å². The Bertz CT molecular complexity index is 252. The van der Waals surface area contributed by atoms with Crippen LogP contribution < -0.4 is 0 Å². The molecule has 0 aromatic heterocycles. The summed E-state index contributed by atoms with van der Waals surface area (Å²) >= 11 is 0. The minimum atomic E-state index is -3.42. The Labute approximate surface area is 70.9 Å². The fourth-order valence-corrected chi connectivity index (χ4v) is 2.97. The van der Waals surface area contributed by atoms with Crippen LogP contribution in [0.15, 0.2) is 0 Å².